The van der Waals surface area contributed by atoms with Crippen LogP contribution in [-0.2, 0) is 0 Å². The van der Waals surface area contributed by atoms with Gasteiger partial charge >= 0.3 is 0 Å². The van der Waals surface area contributed by atoms with E-state index in [0.29, 0.717) is 17.5 Å². The molecule has 0 fully saturated rings. The third-order valence-corrected chi connectivity index (χ3v) is 10.9. The van der Waals surface area contributed by atoms with Crippen molar-refractivity contribution >= 4 is 28.5 Å². The van der Waals surface area contributed by atoms with E-state index in [9.17, 15) is 0 Å². The number of hydrogen-bond donors (Lipinski definition) is 0. The summed E-state index contributed by atoms with van der Waals surface area (Å²) >= 11 is 0. The summed E-state index contributed by atoms with van der Waals surface area (Å²) in [6, 6.07) is 42.9. The first-order valence-electron chi connectivity index (χ1n) is 20.5. The molecular weight excluding hydrogens is 705 g/mol. The quantitative estimate of drug-likeness (QED) is 0.0923. The van der Waals surface area contributed by atoms with E-state index in [0.717, 1.165) is 63.8 Å². The van der Waals surface area contributed by atoms with Gasteiger partial charge in [0.25, 0.3) is 0 Å². The Morgan fingerprint density at radius 3 is 2.14 bits per heavy atom. The van der Waals surface area contributed by atoms with E-state index >= 15 is 0 Å². The topological polar surface area (TPSA) is 51.0 Å². The maximum Gasteiger partial charge on any atom is 0.164 e. The van der Waals surface area contributed by atoms with E-state index in [1.807, 2.05) is 18.3 Å². The maximum atomic E-state index is 5.25. The molecule has 0 aliphatic heterocycles. The van der Waals surface area contributed by atoms with Crippen LogP contribution in [-0.4, -0.2) is 21.2 Å². The zero-order chi connectivity index (χ0) is 40.4. The fourth-order valence-corrected chi connectivity index (χ4v) is 7.38. The van der Waals surface area contributed by atoms with Gasteiger partial charge in [-0.15, -0.1) is 0 Å². The molecule has 6 aromatic rings. The Bertz CT molecular complexity index is 2570. The first-order valence-corrected chi connectivity index (χ1v) is 20.5. The largest absolute Gasteiger partial charge is 0.285 e. The molecule has 0 saturated heterocycles. The van der Waals surface area contributed by atoms with Crippen molar-refractivity contribution in [1.82, 2.24) is 15.0 Å². The number of hydrogen-bond acceptors (Lipinski definition) is 4. The molecule has 5 aromatic carbocycles. The molecule has 0 spiro atoms. The Morgan fingerprint density at radius 2 is 1.43 bits per heavy atom. The van der Waals surface area contributed by atoms with Crippen LogP contribution in [0.15, 0.2) is 163 Å². The molecule has 0 bridgehead atoms. The summed E-state index contributed by atoms with van der Waals surface area (Å²) in [6.45, 7) is 12.9. The van der Waals surface area contributed by atoms with Crippen LogP contribution in [0.4, 0.5) is 0 Å². The summed E-state index contributed by atoms with van der Waals surface area (Å²) < 4.78 is 0. The summed E-state index contributed by atoms with van der Waals surface area (Å²) in [5.41, 5.74) is 15.9. The highest BCUT2D eigenvalue weighted by Gasteiger charge is 2.20. The molecule has 4 nitrogen and oxygen atoms in total. The Hall–Kier alpha value is -6.52. The van der Waals surface area contributed by atoms with Crippen molar-refractivity contribution in [3.63, 3.8) is 0 Å². The minimum absolute atomic E-state index is 0.00817. The lowest BCUT2D eigenvalue weighted by Gasteiger charge is -2.18. The average molecular weight is 757 g/mol. The molecule has 0 saturated carbocycles. The molecule has 288 valence electrons. The van der Waals surface area contributed by atoms with Crippen LogP contribution in [0.1, 0.15) is 92.5 Å². The van der Waals surface area contributed by atoms with Gasteiger partial charge in [0.15, 0.2) is 17.5 Å². The highest BCUT2D eigenvalue weighted by Crippen LogP contribution is 2.38. The molecule has 7 rings (SSSR count). The predicted molar refractivity (Wildman–Crippen MR) is 247 cm³/mol. The number of aryl methyl sites for hydroxylation is 2. The number of aromatic nitrogens is 3. The molecule has 0 N–H and O–H groups in total. The lowest BCUT2D eigenvalue weighted by molar-refractivity contribution is 0.826. The van der Waals surface area contributed by atoms with E-state index in [1.54, 1.807) is 0 Å². The fourth-order valence-electron chi connectivity index (χ4n) is 7.38. The zero-order valence-corrected chi connectivity index (χ0v) is 34.6. The molecule has 1 unspecified atom stereocenters. The monoisotopic (exact) mass is 756 g/mol. The SMILES string of the molecule is C/C=C(\C=N/C(C)c1ccc(-c2ccccc2)cc1)c1ccc(C)c(-c2c(C)cccc2-c2nc(C3=CCCC=C3)nc(/C(=C/C=C(\C)c3ccccc3)CC)n2)c1. The van der Waals surface area contributed by atoms with Gasteiger partial charge in [-0.1, -0.05) is 159 Å². The van der Waals surface area contributed by atoms with E-state index in [2.05, 4.69) is 187 Å². The second kappa shape index (κ2) is 18.6. The van der Waals surface area contributed by atoms with E-state index in [1.165, 1.54) is 33.4 Å². The Morgan fingerprint density at radius 1 is 0.707 bits per heavy atom. The standard InChI is InChI=1S/C54H52N4/c1-7-41(29-27-37(3)43-20-12-9-13-21-43)52-56-53(47-24-16-11-17-25-47)58-54(57-52)49-26-18-19-39(5)51(49)50-35-48(30-28-38(50)4)42(8-2)36-55-40(6)44-31-33-46(34-32-44)45-22-14-10-15-23-45/h8-10,12-16,18-36,40H,7,11,17H2,1-6H3/b37-27+,41-29+,42-8+,55-36-. The van der Waals surface area contributed by atoms with Crippen LogP contribution in [0.5, 0.6) is 0 Å². The number of aliphatic imine (C=N–C) groups is 1. The molecule has 1 aliphatic rings. The summed E-state index contributed by atoms with van der Waals surface area (Å²) in [5.74, 6) is 2.08. The summed E-state index contributed by atoms with van der Waals surface area (Å²) in [4.78, 5) is 20.6. The molecule has 58 heavy (non-hydrogen) atoms. The highest BCUT2D eigenvalue weighted by atomic mass is 15.0. The van der Waals surface area contributed by atoms with Crippen molar-refractivity contribution in [3.8, 4) is 33.6 Å². The van der Waals surface area contributed by atoms with Crippen LogP contribution in [0.2, 0.25) is 0 Å². The predicted octanol–water partition coefficient (Wildman–Crippen LogP) is 14.4. The second-order valence-electron chi connectivity index (χ2n) is 14.9. The van der Waals surface area contributed by atoms with Gasteiger partial charge in [-0.3, -0.25) is 4.99 Å². The minimum Gasteiger partial charge on any atom is -0.285 e. The van der Waals surface area contributed by atoms with Gasteiger partial charge in [-0.05, 0) is 127 Å². The lowest BCUT2D eigenvalue weighted by atomic mass is 9.89. The fraction of sp³-hybridized carbons (Fsp3) is 0.185. The summed E-state index contributed by atoms with van der Waals surface area (Å²) in [7, 11) is 0. The van der Waals surface area contributed by atoms with Gasteiger partial charge in [-0.2, -0.15) is 0 Å². The Kier molecular flexibility index (Phi) is 12.7. The van der Waals surface area contributed by atoms with Gasteiger partial charge in [0.2, 0.25) is 0 Å². The van der Waals surface area contributed by atoms with Crippen molar-refractivity contribution in [3.05, 3.63) is 197 Å². The smallest absolute Gasteiger partial charge is 0.164 e. The summed E-state index contributed by atoms with van der Waals surface area (Å²) in [6.07, 6.45) is 17.9. The van der Waals surface area contributed by atoms with Gasteiger partial charge in [0, 0.05) is 17.4 Å². The first kappa shape index (κ1) is 39.7. The van der Waals surface area contributed by atoms with Crippen LogP contribution in [0.25, 0.3) is 55.9 Å². The molecular formula is C54H52N4. The van der Waals surface area contributed by atoms with Crippen molar-refractivity contribution in [2.24, 2.45) is 4.99 Å². The van der Waals surface area contributed by atoms with Gasteiger partial charge in [0.05, 0.1) is 6.04 Å². The first-order chi connectivity index (χ1) is 28.3. The Labute approximate surface area is 344 Å². The molecule has 0 amide bonds. The maximum absolute atomic E-state index is 5.25. The molecule has 1 aliphatic carbocycles. The number of allylic oxidation sites excluding steroid dienone is 10. The van der Waals surface area contributed by atoms with Crippen molar-refractivity contribution in [2.45, 2.75) is 66.8 Å². The van der Waals surface area contributed by atoms with Gasteiger partial charge in [0.1, 0.15) is 0 Å². The minimum atomic E-state index is 0.00817. The molecule has 0 radical (unpaired) electrons. The van der Waals surface area contributed by atoms with E-state index in [4.69, 9.17) is 19.9 Å². The summed E-state index contributed by atoms with van der Waals surface area (Å²) in [5, 5.41) is 0. The lowest BCUT2D eigenvalue weighted by Crippen LogP contribution is -2.06. The zero-order valence-electron chi connectivity index (χ0n) is 34.6. The van der Waals surface area contributed by atoms with Crippen molar-refractivity contribution < 1.29 is 0 Å². The average Bonchev–Trinajstić information content (AvgIpc) is 3.28. The third-order valence-electron chi connectivity index (χ3n) is 10.9. The second-order valence-corrected chi connectivity index (χ2v) is 14.9. The van der Waals surface area contributed by atoms with E-state index < -0.39 is 0 Å². The molecule has 4 heteroatoms. The normalized spacial score (nSPS) is 14.2. The van der Waals surface area contributed by atoms with Crippen LogP contribution in [0.3, 0.4) is 0 Å². The number of benzene rings is 5. The molecule has 1 atom stereocenters. The van der Waals surface area contributed by atoms with Crippen molar-refractivity contribution in [2.75, 3.05) is 0 Å². The Balaban J connectivity index is 1.25. The number of rotatable bonds is 12. The van der Waals surface area contributed by atoms with Gasteiger partial charge < -0.3 is 0 Å². The number of nitrogens with zero attached hydrogens (tertiary/aromatic N) is 4. The van der Waals surface area contributed by atoms with Gasteiger partial charge in [-0.25, -0.2) is 15.0 Å². The molecule has 1 heterocycles. The van der Waals surface area contributed by atoms with Crippen LogP contribution < -0.4 is 0 Å². The van der Waals surface area contributed by atoms with Crippen LogP contribution >= 0.6 is 0 Å². The van der Waals surface area contributed by atoms with Crippen LogP contribution in [0, 0.1) is 13.8 Å². The molecule has 1 aromatic heterocycles. The van der Waals surface area contributed by atoms with E-state index in [-0.39, 0.29) is 6.04 Å². The third kappa shape index (κ3) is 9.19. The van der Waals surface area contributed by atoms with Crippen molar-refractivity contribution in [1.29, 1.82) is 0 Å². The highest BCUT2D eigenvalue weighted by molar-refractivity contribution is 6.10.